The molecule has 0 radical (unpaired) electrons. The number of nitriles is 3. The maximum absolute atomic E-state index is 9.14. The van der Waals surface area contributed by atoms with Gasteiger partial charge in [-0.3, -0.25) is 0 Å². The van der Waals surface area contributed by atoms with E-state index in [0.29, 0.717) is 23.0 Å². The first-order chi connectivity index (χ1) is 13.1. The standard InChI is InChI=1S/C20H12N6O/c1-13-5-7-14(8-6-13)19-25-20(27-26-19)15-3-2-4-17(9-15)24-18(12-23)16(10-21)11-22/h2-9,24H,1H3. The molecule has 0 saturated carbocycles. The van der Waals surface area contributed by atoms with Crippen molar-refractivity contribution in [2.75, 3.05) is 5.32 Å². The summed E-state index contributed by atoms with van der Waals surface area (Å²) in [7, 11) is 0. The lowest BCUT2D eigenvalue weighted by Crippen LogP contribution is -2.00. The average molecular weight is 352 g/mol. The van der Waals surface area contributed by atoms with E-state index < -0.39 is 0 Å². The third-order valence-corrected chi connectivity index (χ3v) is 3.70. The Balaban J connectivity index is 1.90. The van der Waals surface area contributed by atoms with Crippen molar-refractivity contribution < 1.29 is 4.52 Å². The molecule has 3 rings (SSSR count). The number of anilines is 1. The molecule has 7 heteroatoms. The Morgan fingerprint density at radius 2 is 1.70 bits per heavy atom. The number of rotatable bonds is 4. The highest BCUT2D eigenvalue weighted by Crippen LogP contribution is 2.25. The number of hydrogen-bond donors (Lipinski definition) is 1. The molecular formula is C20H12N6O. The highest BCUT2D eigenvalue weighted by Gasteiger charge is 2.12. The number of nitrogens with zero attached hydrogens (tertiary/aromatic N) is 5. The van der Waals surface area contributed by atoms with Crippen molar-refractivity contribution in [3.05, 3.63) is 65.4 Å². The van der Waals surface area contributed by atoms with Crippen molar-refractivity contribution in [2.24, 2.45) is 0 Å². The predicted octanol–water partition coefficient (Wildman–Crippen LogP) is 3.95. The summed E-state index contributed by atoms with van der Waals surface area (Å²) in [6.45, 7) is 2.00. The van der Waals surface area contributed by atoms with Crippen LogP contribution in [0.15, 0.2) is 64.3 Å². The minimum absolute atomic E-state index is 0.122. The van der Waals surface area contributed by atoms with E-state index in [1.807, 2.05) is 37.3 Å². The van der Waals surface area contributed by atoms with Gasteiger partial charge in [0.05, 0.1) is 0 Å². The van der Waals surface area contributed by atoms with Gasteiger partial charge in [-0.1, -0.05) is 41.1 Å². The molecule has 2 aromatic carbocycles. The fraction of sp³-hybridized carbons (Fsp3) is 0.0500. The van der Waals surface area contributed by atoms with Crippen LogP contribution in [0.5, 0.6) is 0 Å². The second-order valence-corrected chi connectivity index (χ2v) is 5.58. The van der Waals surface area contributed by atoms with Crippen LogP contribution in [0.25, 0.3) is 22.8 Å². The van der Waals surface area contributed by atoms with Crippen LogP contribution in [0.4, 0.5) is 5.69 Å². The van der Waals surface area contributed by atoms with Crippen LogP contribution < -0.4 is 5.32 Å². The number of nitrogens with one attached hydrogen (secondary N) is 1. The number of allylic oxidation sites excluding steroid dienone is 2. The minimum Gasteiger partial charge on any atom is -0.345 e. The molecule has 0 amide bonds. The van der Waals surface area contributed by atoms with Gasteiger partial charge in [0, 0.05) is 16.8 Å². The van der Waals surface area contributed by atoms with Crippen LogP contribution in [-0.4, -0.2) is 10.1 Å². The zero-order valence-corrected chi connectivity index (χ0v) is 14.3. The smallest absolute Gasteiger partial charge is 0.258 e. The van der Waals surface area contributed by atoms with Crippen molar-refractivity contribution >= 4 is 5.69 Å². The topological polar surface area (TPSA) is 122 Å². The molecule has 0 aliphatic heterocycles. The van der Waals surface area contributed by atoms with E-state index in [-0.39, 0.29) is 11.3 Å². The van der Waals surface area contributed by atoms with Gasteiger partial charge in [0.25, 0.3) is 5.89 Å². The Morgan fingerprint density at radius 1 is 0.963 bits per heavy atom. The molecule has 128 valence electrons. The zero-order valence-electron chi connectivity index (χ0n) is 14.3. The SMILES string of the molecule is Cc1ccc(-c2noc(-c3cccc(NC(C#N)=C(C#N)C#N)c3)n2)cc1. The molecule has 3 aromatic rings. The zero-order chi connectivity index (χ0) is 19.2. The molecule has 0 unspecified atom stereocenters. The predicted molar refractivity (Wildman–Crippen MR) is 97.4 cm³/mol. The number of aromatic nitrogens is 2. The third-order valence-electron chi connectivity index (χ3n) is 3.70. The number of hydrogen-bond acceptors (Lipinski definition) is 7. The number of benzene rings is 2. The van der Waals surface area contributed by atoms with E-state index in [1.165, 1.54) is 0 Å². The molecule has 1 heterocycles. The van der Waals surface area contributed by atoms with Crippen molar-refractivity contribution in [3.8, 4) is 41.0 Å². The normalized spacial score (nSPS) is 9.56. The molecule has 0 atom stereocenters. The monoisotopic (exact) mass is 352 g/mol. The summed E-state index contributed by atoms with van der Waals surface area (Å²) >= 11 is 0. The fourth-order valence-electron chi connectivity index (χ4n) is 2.32. The van der Waals surface area contributed by atoms with E-state index in [4.69, 9.17) is 20.3 Å². The lowest BCUT2D eigenvalue weighted by molar-refractivity contribution is 0.432. The molecule has 0 fully saturated rings. The summed E-state index contributed by atoms with van der Waals surface area (Å²) < 4.78 is 5.34. The Kier molecular flexibility index (Phi) is 4.93. The van der Waals surface area contributed by atoms with Gasteiger partial charge < -0.3 is 9.84 Å². The highest BCUT2D eigenvalue weighted by atomic mass is 16.5. The maximum atomic E-state index is 9.14. The summed E-state index contributed by atoms with van der Waals surface area (Å²) in [5.74, 6) is 0.787. The lowest BCUT2D eigenvalue weighted by Gasteiger charge is -2.05. The van der Waals surface area contributed by atoms with E-state index in [0.717, 1.165) is 11.1 Å². The average Bonchev–Trinajstić information content (AvgIpc) is 3.19. The Bertz CT molecular complexity index is 1120. The van der Waals surface area contributed by atoms with E-state index in [1.54, 1.807) is 36.4 Å². The molecule has 0 aliphatic rings. The second kappa shape index (κ2) is 7.65. The second-order valence-electron chi connectivity index (χ2n) is 5.58. The molecule has 0 saturated heterocycles. The molecule has 1 aromatic heterocycles. The summed E-state index contributed by atoms with van der Waals surface area (Å²) in [4.78, 5) is 4.40. The Morgan fingerprint density at radius 3 is 2.37 bits per heavy atom. The number of aryl methyl sites for hydroxylation is 1. The van der Waals surface area contributed by atoms with Crippen LogP contribution >= 0.6 is 0 Å². The van der Waals surface area contributed by atoms with Gasteiger partial charge in [-0.15, -0.1) is 0 Å². The molecule has 7 nitrogen and oxygen atoms in total. The van der Waals surface area contributed by atoms with Crippen molar-refractivity contribution in [2.45, 2.75) is 6.92 Å². The largest absolute Gasteiger partial charge is 0.345 e. The Hall–Kier alpha value is -4.41. The van der Waals surface area contributed by atoms with E-state index in [9.17, 15) is 0 Å². The van der Waals surface area contributed by atoms with E-state index in [2.05, 4.69) is 15.5 Å². The van der Waals surface area contributed by atoms with Gasteiger partial charge >= 0.3 is 0 Å². The summed E-state index contributed by atoms with van der Waals surface area (Å²) in [5.41, 5.74) is 2.72. The molecule has 27 heavy (non-hydrogen) atoms. The summed E-state index contributed by atoms with van der Waals surface area (Å²) in [6.07, 6.45) is 0. The first-order valence-electron chi connectivity index (χ1n) is 7.87. The molecule has 0 spiro atoms. The van der Waals surface area contributed by atoms with Gasteiger partial charge in [0.15, 0.2) is 5.57 Å². The van der Waals surface area contributed by atoms with E-state index >= 15 is 0 Å². The lowest BCUT2D eigenvalue weighted by atomic mass is 10.1. The first-order valence-corrected chi connectivity index (χ1v) is 7.87. The Labute approximate surface area is 155 Å². The van der Waals surface area contributed by atoms with Crippen LogP contribution in [0.2, 0.25) is 0 Å². The van der Waals surface area contributed by atoms with Crippen LogP contribution in [0.1, 0.15) is 5.56 Å². The molecule has 1 N–H and O–H groups in total. The van der Waals surface area contributed by atoms with Crippen molar-refractivity contribution in [1.29, 1.82) is 15.8 Å². The molecular weight excluding hydrogens is 340 g/mol. The van der Waals surface area contributed by atoms with Crippen LogP contribution in [0, 0.1) is 40.9 Å². The third kappa shape index (κ3) is 3.82. The van der Waals surface area contributed by atoms with Crippen molar-refractivity contribution in [1.82, 2.24) is 10.1 Å². The summed E-state index contributed by atoms with van der Waals surface area (Å²) in [6, 6.07) is 19.9. The van der Waals surface area contributed by atoms with Gasteiger partial charge in [-0.05, 0) is 25.1 Å². The fourth-order valence-corrected chi connectivity index (χ4v) is 2.32. The summed E-state index contributed by atoms with van der Waals surface area (Å²) in [5, 5.41) is 33.7. The van der Waals surface area contributed by atoms with Gasteiger partial charge in [-0.25, -0.2) is 0 Å². The first kappa shape index (κ1) is 17.4. The molecule has 0 aliphatic carbocycles. The van der Waals surface area contributed by atoms with Crippen LogP contribution in [-0.2, 0) is 0 Å². The highest BCUT2D eigenvalue weighted by molar-refractivity contribution is 5.66. The quantitative estimate of drug-likeness (QED) is 0.705. The van der Waals surface area contributed by atoms with Gasteiger partial charge in [0.1, 0.15) is 23.9 Å². The molecule has 0 bridgehead atoms. The van der Waals surface area contributed by atoms with Gasteiger partial charge in [-0.2, -0.15) is 20.8 Å². The minimum atomic E-state index is -0.289. The van der Waals surface area contributed by atoms with Gasteiger partial charge in [0.2, 0.25) is 5.82 Å². The van der Waals surface area contributed by atoms with Crippen LogP contribution in [0.3, 0.4) is 0 Å². The maximum Gasteiger partial charge on any atom is 0.258 e. The van der Waals surface area contributed by atoms with Crippen molar-refractivity contribution in [3.63, 3.8) is 0 Å².